The highest BCUT2D eigenvalue weighted by atomic mass is 19.1. The Hall–Kier alpha value is -2.69. The Morgan fingerprint density at radius 1 is 1.07 bits per heavy atom. The summed E-state index contributed by atoms with van der Waals surface area (Å²) in [6.45, 7) is 3.23. The minimum absolute atomic E-state index is 0.0144. The van der Waals surface area contributed by atoms with E-state index in [1.165, 1.54) is 6.07 Å². The van der Waals surface area contributed by atoms with E-state index in [2.05, 4.69) is 0 Å². The monoisotopic (exact) mass is 383 g/mol. The number of nitrogens with zero attached hydrogens (tertiary/aromatic N) is 1. The van der Waals surface area contributed by atoms with Crippen molar-refractivity contribution in [2.24, 2.45) is 5.92 Å². The van der Waals surface area contributed by atoms with Crippen LogP contribution in [0.3, 0.4) is 0 Å². The van der Waals surface area contributed by atoms with Crippen LogP contribution in [0, 0.1) is 11.7 Å². The number of carbonyl (C=O) groups excluding carboxylic acids is 2. The van der Waals surface area contributed by atoms with Crippen LogP contribution in [0.1, 0.15) is 43.2 Å². The van der Waals surface area contributed by atoms with Gasteiger partial charge < -0.3 is 9.64 Å². The maximum Gasteiger partial charge on any atom is 0.309 e. The summed E-state index contributed by atoms with van der Waals surface area (Å²) < 4.78 is 19.5. The molecule has 2 aromatic rings. The van der Waals surface area contributed by atoms with Crippen molar-refractivity contribution >= 4 is 11.9 Å². The van der Waals surface area contributed by atoms with Gasteiger partial charge in [-0.1, -0.05) is 48.5 Å². The molecule has 28 heavy (non-hydrogen) atoms. The van der Waals surface area contributed by atoms with E-state index in [0.29, 0.717) is 38.1 Å². The molecular weight excluding hydrogens is 357 g/mol. The van der Waals surface area contributed by atoms with Crippen LogP contribution < -0.4 is 0 Å². The van der Waals surface area contributed by atoms with Gasteiger partial charge in [-0.05, 0) is 37.0 Å². The molecule has 1 heterocycles. The number of halogens is 1. The van der Waals surface area contributed by atoms with Gasteiger partial charge in [0.2, 0.25) is 5.91 Å². The van der Waals surface area contributed by atoms with E-state index in [-0.39, 0.29) is 36.0 Å². The summed E-state index contributed by atoms with van der Waals surface area (Å²) in [5.41, 5.74) is 1.45. The lowest BCUT2D eigenvalue weighted by Gasteiger charge is -2.32. The number of piperidine rings is 1. The third-order valence-electron chi connectivity index (χ3n) is 5.33. The lowest BCUT2D eigenvalue weighted by molar-refractivity contribution is -0.151. The standard InChI is InChI=1S/C23H26FNO3/c1-2-28-23(27)18-12-14-25(15-13-18)22(26)16-20(17-8-4-3-5-9-17)19-10-6-7-11-21(19)24/h3-11,18,20H,2,12-16H2,1H3/t20-/m0/s1. The number of hydrogen-bond acceptors (Lipinski definition) is 3. The lowest BCUT2D eigenvalue weighted by Crippen LogP contribution is -2.41. The first-order valence-corrected chi connectivity index (χ1v) is 9.84. The number of rotatable bonds is 6. The fraction of sp³-hybridized carbons (Fsp3) is 0.391. The normalized spacial score (nSPS) is 15.9. The molecule has 0 spiro atoms. The molecule has 0 radical (unpaired) electrons. The summed E-state index contributed by atoms with van der Waals surface area (Å²) in [5.74, 6) is -0.967. The largest absolute Gasteiger partial charge is 0.466 e. The molecule has 3 rings (SSSR count). The fourth-order valence-electron chi connectivity index (χ4n) is 3.78. The van der Waals surface area contributed by atoms with Gasteiger partial charge in [0.05, 0.1) is 12.5 Å². The topological polar surface area (TPSA) is 46.6 Å². The third kappa shape index (κ3) is 4.77. The Morgan fingerprint density at radius 2 is 1.71 bits per heavy atom. The smallest absolute Gasteiger partial charge is 0.309 e. The van der Waals surface area contributed by atoms with E-state index in [1.54, 1.807) is 30.0 Å². The first-order valence-electron chi connectivity index (χ1n) is 9.84. The van der Waals surface area contributed by atoms with Crippen molar-refractivity contribution in [1.29, 1.82) is 0 Å². The van der Waals surface area contributed by atoms with E-state index >= 15 is 0 Å². The quantitative estimate of drug-likeness (QED) is 0.704. The Kier molecular flexibility index (Phi) is 6.80. The highest BCUT2D eigenvalue weighted by Gasteiger charge is 2.30. The number of amides is 1. The molecular formula is C23H26FNO3. The first-order chi connectivity index (χ1) is 13.6. The van der Waals surface area contributed by atoms with Gasteiger partial charge in [0.15, 0.2) is 0 Å². The zero-order valence-electron chi connectivity index (χ0n) is 16.1. The SMILES string of the molecule is CCOC(=O)C1CCN(C(=O)C[C@@H](c2ccccc2)c2ccccc2F)CC1. The van der Waals surface area contributed by atoms with Crippen molar-refractivity contribution in [3.8, 4) is 0 Å². The molecule has 0 aliphatic carbocycles. The summed E-state index contributed by atoms with van der Waals surface area (Å²) in [6, 6.07) is 16.2. The number of carbonyl (C=O) groups is 2. The van der Waals surface area contributed by atoms with E-state index in [9.17, 15) is 14.0 Å². The molecule has 4 nitrogen and oxygen atoms in total. The van der Waals surface area contributed by atoms with Crippen molar-refractivity contribution in [3.05, 3.63) is 71.5 Å². The molecule has 1 aliphatic rings. The van der Waals surface area contributed by atoms with E-state index in [0.717, 1.165) is 5.56 Å². The molecule has 0 N–H and O–H groups in total. The summed E-state index contributed by atoms with van der Waals surface area (Å²) in [7, 11) is 0. The molecule has 1 atom stereocenters. The number of benzene rings is 2. The zero-order chi connectivity index (χ0) is 19.9. The van der Waals surface area contributed by atoms with E-state index < -0.39 is 0 Å². The number of hydrogen-bond donors (Lipinski definition) is 0. The lowest BCUT2D eigenvalue weighted by atomic mass is 9.87. The van der Waals surface area contributed by atoms with Crippen molar-refractivity contribution in [3.63, 3.8) is 0 Å². The highest BCUT2D eigenvalue weighted by molar-refractivity contribution is 5.78. The van der Waals surface area contributed by atoms with Gasteiger partial charge in [-0.25, -0.2) is 4.39 Å². The van der Waals surface area contributed by atoms with Crippen LogP contribution in [-0.4, -0.2) is 36.5 Å². The van der Waals surface area contributed by atoms with Gasteiger partial charge in [0.25, 0.3) is 0 Å². The summed E-state index contributed by atoms with van der Waals surface area (Å²) in [5, 5.41) is 0. The van der Waals surface area contributed by atoms with Crippen LogP contribution in [0.5, 0.6) is 0 Å². The molecule has 0 bridgehead atoms. The molecule has 1 fully saturated rings. The van der Waals surface area contributed by atoms with Crippen molar-refractivity contribution in [1.82, 2.24) is 4.90 Å². The maximum atomic E-state index is 14.5. The molecule has 5 heteroatoms. The van der Waals surface area contributed by atoms with Crippen molar-refractivity contribution < 1.29 is 18.7 Å². The molecule has 1 aliphatic heterocycles. The predicted octanol–water partition coefficient (Wildman–Crippen LogP) is 4.15. The average Bonchev–Trinajstić information content (AvgIpc) is 2.73. The number of ether oxygens (including phenoxy) is 1. The number of likely N-dealkylation sites (tertiary alicyclic amines) is 1. The van der Waals surface area contributed by atoms with Crippen molar-refractivity contribution in [2.75, 3.05) is 19.7 Å². The molecule has 0 aromatic heterocycles. The summed E-state index contributed by atoms with van der Waals surface area (Å²) in [6.07, 6.45) is 1.43. The van der Waals surface area contributed by atoms with Crippen LogP contribution in [0.15, 0.2) is 54.6 Å². The van der Waals surface area contributed by atoms with Crippen LogP contribution in [0.25, 0.3) is 0 Å². The Morgan fingerprint density at radius 3 is 2.36 bits per heavy atom. The molecule has 1 saturated heterocycles. The van der Waals surface area contributed by atoms with Gasteiger partial charge in [-0.2, -0.15) is 0 Å². The minimum atomic E-state index is -0.335. The molecule has 148 valence electrons. The molecule has 2 aromatic carbocycles. The summed E-state index contributed by atoms with van der Waals surface area (Å²) in [4.78, 5) is 26.6. The molecule has 0 saturated carbocycles. The van der Waals surface area contributed by atoms with Gasteiger partial charge in [0, 0.05) is 25.4 Å². The summed E-state index contributed by atoms with van der Waals surface area (Å²) >= 11 is 0. The Labute approximate surface area is 165 Å². The van der Waals surface area contributed by atoms with Crippen molar-refractivity contribution in [2.45, 2.75) is 32.1 Å². The highest BCUT2D eigenvalue weighted by Crippen LogP contribution is 2.31. The molecule has 0 unspecified atom stereocenters. The Balaban J connectivity index is 1.71. The second-order valence-electron chi connectivity index (χ2n) is 7.10. The Bertz CT molecular complexity index is 801. The van der Waals surface area contributed by atoms with Crippen LogP contribution >= 0.6 is 0 Å². The van der Waals surface area contributed by atoms with Gasteiger partial charge in [-0.15, -0.1) is 0 Å². The second kappa shape index (κ2) is 9.49. The average molecular weight is 383 g/mol. The van der Waals surface area contributed by atoms with Gasteiger partial charge in [0.1, 0.15) is 5.82 Å². The van der Waals surface area contributed by atoms with Gasteiger partial charge in [-0.3, -0.25) is 9.59 Å². The number of esters is 1. The fourth-order valence-corrected chi connectivity index (χ4v) is 3.78. The zero-order valence-corrected chi connectivity index (χ0v) is 16.1. The third-order valence-corrected chi connectivity index (χ3v) is 5.33. The second-order valence-corrected chi connectivity index (χ2v) is 7.10. The van der Waals surface area contributed by atoms with E-state index in [4.69, 9.17) is 4.74 Å². The molecule has 1 amide bonds. The van der Waals surface area contributed by atoms with E-state index in [1.807, 2.05) is 30.3 Å². The van der Waals surface area contributed by atoms with Crippen LogP contribution in [0.4, 0.5) is 4.39 Å². The predicted molar refractivity (Wildman–Crippen MR) is 105 cm³/mol. The van der Waals surface area contributed by atoms with Crippen LogP contribution in [0.2, 0.25) is 0 Å². The van der Waals surface area contributed by atoms with Gasteiger partial charge >= 0.3 is 5.97 Å². The maximum absolute atomic E-state index is 14.5. The first kappa shape index (κ1) is 20.1. The van der Waals surface area contributed by atoms with Crippen LogP contribution in [-0.2, 0) is 14.3 Å². The minimum Gasteiger partial charge on any atom is -0.466 e.